The summed E-state index contributed by atoms with van der Waals surface area (Å²) in [4.78, 5) is 27.1. The van der Waals surface area contributed by atoms with Crippen molar-refractivity contribution >= 4 is 10.0 Å². The molecule has 0 aliphatic carbocycles. The first-order chi connectivity index (χ1) is 10.2. The van der Waals surface area contributed by atoms with E-state index in [0.717, 1.165) is 15.3 Å². The number of pyridine rings is 1. The lowest BCUT2D eigenvalue weighted by Crippen LogP contribution is -2.41. The van der Waals surface area contributed by atoms with E-state index in [4.69, 9.17) is 0 Å². The van der Waals surface area contributed by atoms with Crippen molar-refractivity contribution in [2.45, 2.75) is 17.9 Å². The van der Waals surface area contributed by atoms with Gasteiger partial charge in [0.25, 0.3) is 5.56 Å². The quantitative estimate of drug-likeness (QED) is 0.818. The Morgan fingerprint density at radius 2 is 1.95 bits per heavy atom. The number of aryl methyl sites for hydroxylation is 1. The van der Waals surface area contributed by atoms with Crippen LogP contribution in [0.2, 0.25) is 0 Å². The fourth-order valence-electron chi connectivity index (χ4n) is 1.96. The van der Waals surface area contributed by atoms with Crippen LogP contribution < -0.4 is 16.0 Å². The number of aromatic nitrogens is 3. The second-order valence-electron chi connectivity index (χ2n) is 4.88. The molecule has 0 saturated heterocycles. The number of nitrogens with zero attached hydrogens (tertiary/aromatic N) is 3. The van der Waals surface area contributed by atoms with Crippen LogP contribution in [0, 0.1) is 0 Å². The summed E-state index contributed by atoms with van der Waals surface area (Å²) in [6.45, 7) is 1.64. The van der Waals surface area contributed by atoms with Crippen molar-refractivity contribution in [2.75, 3.05) is 0 Å². The van der Waals surface area contributed by atoms with Crippen LogP contribution in [0.3, 0.4) is 0 Å². The molecule has 0 amide bonds. The van der Waals surface area contributed by atoms with Crippen LogP contribution in [-0.2, 0) is 24.1 Å². The molecule has 2 heterocycles. The molecule has 0 saturated carbocycles. The summed E-state index contributed by atoms with van der Waals surface area (Å²) in [5, 5.41) is 0. The van der Waals surface area contributed by atoms with Gasteiger partial charge in [0.1, 0.15) is 0 Å². The van der Waals surface area contributed by atoms with E-state index in [-0.39, 0.29) is 0 Å². The number of hydrogen-bond donors (Lipinski definition) is 1. The smallest absolute Gasteiger partial charge is 0.302 e. The second-order valence-corrected chi connectivity index (χ2v) is 6.56. The third kappa shape index (κ3) is 3.00. The fourth-order valence-corrected chi connectivity index (χ4v) is 3.35. The first kappa shape index (κ1) is 16.1. The minimum atomic E-state index is -4.07. The zero-order valence-corrected chi connectivity index (χ0v) is 13.2. The van der Waals surface area contributed by atoms with Crippen LogP contribution >= 0.6 is 0 Å². The van der Waals surface area contributed by atoms with Gasteiger partial charge in [0, 0.05) is 38.7 Å². The van der Waals surface area contributed by atoms with E-state index in [1.54, 1.807) is 25.3 Å². The summed E-state index contributed by atoms with van der Waals surface area (Å²) in [5.74, 6) is 0. The zero-order valence-electron chi connectivity index (χ0n) is 12.3. The van der Waals surface area contributed by atoms with Gasteiger partial charge in [-0.2, -0.15) is 0 Å². The maximum atomic E-state index is 12.4. The van der Waals surface area contributed by atoms with Gasteiger partial charge in [-0.1, -0.05) is 6.07 Å². The van der Waals surface area contributed by atoms with Crippen LogP contribution in [0.15, 0.2) is 45.2 Å². The summed E-state index contributed by atoms with van der Waals surface area (Å²) in [5.41, 5.74) is -0.800. The molecule has 9 heteroatoms. The number of nitrogens with one attached hydrogen (secondary N) is 1. The first-order valence-corrected chi connectivity index (χ1v) is 7.91. The Morgan fingerprint density at radius 1 is 1.27 bits per heavy atom. The van der Waals surface area contributed by atoms with E-state index in [1.165, 1.54) is 20.3 Å². The highest BCUT2D eigenvalue weighted by molar-refractivity contribution is 7.89. The normalized spacial score (nSPS) is 13.0. The Labute approximate surface area is 127 Å². The first-order valence-electron chi connectivity index (χ1n) is 6.43. The van der Waals surface area contributed by atoms with Gasteiger partial charge < -0.3 is 4.57 Å². The molecule has 0 spiro atoms. The van der Waals surface area contributed by atoms with Crippen molar-refractivity contribution in [1.29, 1.82) is 0 Å². The summed E-state index contributed by atoms with van der Waals surface area (Å²) in [7, 11) is -1.46. The van der Waals surface area contributed by atoms with Gasteiger partial charge in [-0.3, -0.25) is 14.3 Å². The van der Waals surface area contributed by atoms with E-state index < -0.39 is 32.2 Å². The molecule has 0 bridgehead atoms. The van der Waals surface area contributed by atoms with Crippen LogP contribution in [0.25, 0.3) is 0 Å². The second kappa shape index (κ2) is 5.85. The minimum Gasteiger partial charge on any atom is -0.302 e. The molecule has 8 nitrogen and oxygen atoms in total. The highest BCUT2D eigenvalue weighted by atomic mass is 32.2. The fraction of sp³-hybridized carbons (Fsp3) is 0.308. The van der Waals surface area contributed by atoms with E-state index in [2.05, 4.69) is 9.71 Å². The van der Waals surface area contributed by atoms with Gasteiger partial charge in [0.15, 0.2) is 4.90 Å². The van der Waals surface area contributed by atoms with Gasteiger partial charge in [0.05, 0.1) is 0 Å². The van der Waals surface area contributed by atoms with E-state index in [1.807, 2.05) is 0 Å². The van der Waals surface area contributed by atoms with Gasteiger partial charge in [0.2, 0.25) is 10.0 Å². The van der Waals surface area contributed by atoms with Crippen molar-refractivity contribution < 1.29 is 8.42 Å². The third-order valence-electron chi connectivity index (χ3n) is 3.22. The summed E-state index contributed by atoms with van der Waals surface area (Å²) in [6.07, 6.45) is 4.13. The molecule has 1 atom stereocenters. The lowest BCUT2D eigenvalue weighted by molar-refractivity contribution is 0.557. The SMILES string of the molecule is CC(NS(=O)(=O)c1cn(C)c(=O)n(C)c1=O)c1cccnc1. The number of sulfonamides is 1. The lowest BCUT2D eigenvalue weighted by atomic mass is 10.2. The van der Waals surface area contributed by atoms with Crippen molar-refractivity contribution in [3.8, 4) is 0 Å². The van der Waals surface area contributed by atoms with E-state index in [9.17, 15) is 18.0 Å². The lowest BCUT2D eigenvalue weighted by Gasteiger charge is -2.14. The zero-order chi connectivity index (χ0) is 16.5. The van der Waals surface area contributed by atoms with Crippen LogP contribution in [0.4, 0.5) is 0 Å². The van der Waals surface area contributed by atoms with Crippen molar-refractivity contribution in [3.05, 3.63) is 57.1 Å². The molecule has 22 heavy (non-hydrogen) atoms. The molecule has 0 aliphatic heterocycles. The van der Waals surface area contributed by atoms with Gasteiger partial charge in [-0.25, -0.2) is 17.9 Å². The predicted molar refractivity (Wildman–Crippen MR) is 79.9 cm³/mol. The standard InChI is InChI=1S/C13H16N4O4S/c1-9(10-5-4-6-14-7-10)15-22(20,21)11-8-16(2)13(19)17(3)12(11)18/h4-9,15H,1-3H3. The van der Waals surface area contributed by atoms with Gasteiger partial charge in [-0.15, -0.1) is 0 Å². The molecule has 0 radical (unpaired) electrons. The molecular weight excluding hydrogens is 308 g/mol. The highest BCUT2D eigenvalue weighted by Gasteiger charge is 2.23. The maximum Gasteiger partial charge on any atom is 0.330 e. The molecule has 1 N–H and O–H groups in total. The largest absolute Gasteiger partial charge is 0.330 e. The summed E-state index contributed by atoms with van der Waals surface area (Å²) < 4.78 is 29.0. The number of rotatable bonds is 4. The van der Waals surface area contributed by atoms with Crippen LogP contribution in [-0.4, -0.2) is 22.5 Å². The minimum absolute atomic E-state index is 0.479. The highest BCUT2D eigenvalue weighted by Crippen LogP contribution is 2.13. The molecule has 118 valence electrons. The van der Waals surface area contributed by atoms with Crippen LogP contribution in [0.5, 0.6) is 0 Å². The Balaban J connectivity index is 2.44. The van der Waals surface area contributed by atoms with Crippen molar-refractivity contribution in [3.63, 3.8) is 0 Å². The molecule has 2 aromatic rings. The molecule has 2 aromatic heterocycles. The molecular formula is C13H16N4O4S. The molecule has 0 fully saturated rings. The number of hydrogen-bond acceptors (Lipinski definition) is 5. The Bertz CT molecular complexity index is 900. The Morgan fingerprint density at radius 3 is 2.55 bits per heavy atom. The third-order valence-corrected chi connectivity index (χ3v) is 4.74. The van der Waals surface area contributed by atoms with Crippen molar-refractivity contribution in [1.82, 2.24) is 18.8 Å². The van der Waals surface area contributed by atoms with Crippen molar-refractivity contribution in [2.24, 2.45) is 14.1 Å². The molecule has 0 aliphatic rings. The topological polar surface area (TPSA) is 103 Å². The average Bonchev–Trinajstić information content (AvgIpc) is 2.49. The Hall–Kier alpha value is -2.26. The Kier molecular flexibility index (Phi) is 4.29. The summed E-state index contributed by atoms with van der Waals surface area (Å²) >= 11 is 0. The molecule has 1 unspecified atom stereocenters. The molecule has 2 rings (SSSR count). The maximum absolute atomic E-state index is 12.4. The average molecular weight is 324 g/mol. The monoisotopic (exact) mass is 324 g/mol. The van der Waals surface area contributed by atoms with E-state index in [0.29, 0.717) is 5.56 Å². The predicted octanol–water partition coefficient (Wildman–Crippen LogP) is -0.481. The molecule has 0 aromatic carbocycles. The van der Waals surface area contributed by atoms with Gasteiger partial charge >= 0.3 is 5.69 Å². The van der Waals surface area contributed by atoms with Crippen LogP contribution in [0.1, 0.15) is 18.5 Å². The summed E-state index contributed by atoms with van der Waals surface area (Å²) in [6, 6.07) is 2.84. The van der Waals surface area contributed by atoms with E-state index >= 15 is 0 Å². The van der Waals surface area contributed by atoms with Gasteiger partial charge in [-0.05, 0) is 18.6 Å².